The maximum absolute atomic E-state index is 5.53. The lowest BCUT2D eigenvalue weighted by molar-refractivity contribution is 0.870. The van der Waals surface area contributed by atoms with Gasteiger partial charge in [-0.05, 0) is 19.1 Å². The van der Waals surface area contributed by atoms with Crippen LogP contribution in [-0.2, 0) is 6.54 Å². The van der Waals surface area contributed by atoms with Crippen molar-refractivity contribution in [3.05, 3.63) is 21.9 Å². The van der Waals surface area contributed by atoms with Gasteiger partial charge in [0.15, 0.2) is 0 Å². The summed E-state index contributed by atoms with van der Waals surface area (Å²) in [6, 6.07) is 4.17. The number of aryl methyl sites for hydroxylation is 1. The molecule has 0 radical (unpaired) electrons. The Balaban J connectivity index is 2.16. The predicted octanol–water partition coefficient (Wildman–Crippen LogP) is 1.04. The van der Waals surface area contributed by atoms with Crippen LogP contribution in [0, 0.1) is 6.92 Å². The molecule has 2 aromatic rings. The summed E-state index contributed by atoms with van der Waals surface area (Å²) >= 11 is 1.74. The van der Waals surface area contributed by atoms with Gasteiger partial charge in [0.05, 0.1) is 6.54 Å². The van der Waals surface area contributed by atoms with Crippen molar-refractivity contribution in [3.8, 4) is 0 Å². The summed E-state index contributed by atoms with van der Waals surface area (Å²) in [6.07, 6.45) is 0. The summed E-state index contributed by atoms with van der Waals surface area (Å²) < 4.78 is 0. The molecule has 0 saturated heterocycles. The van der Waals surface area contributed by atoms with Gasteiger partial charge in [0.2, 0.25) is 17.8 Å². The molecule has 2 rings (SSSR count). The number of nitrogens with zero attached hydrogens (tertiary/aromatic N) is 4. The minimum absolute atomic E-state index is 0.140. The molecule has 0 unspecified atom stereocenters. The molecule has 0 saturated carbocycles. The van der Waals surface area contributed by atoms with Gasteiger partial charge in [0.1, 0.15) is 0 Å². The molecule has 0 aliphatic rings. The minimum atomic E-state index is 0.140. The molecule has 0 aliphatic heterocycles. The first-order valence-corrected chi connectivity index (χ1v) is 5.90. The van der Waals surface area contributed by atoms with Gasteiger partial charge >= 0.3 is 0 Å². The van der Waals surface area contributed by atoms with Crippen molar-refractivity contribution in [1.29, 1.82) is 0 Å². The lowest BCUT2D eigenvalue weighted by Gasteiger charge is -2.15. The average Bonchev–Trinajstić information content (AvgIpc) is 2.62. The van der Waals surface area contributed by atoms with Crippen LogP contribution in [0.4, 0.5) is 17.8 Å². The highest BCUT2D eigenvalue weighted by atomic mass is 32.1. The fraction of sp³-hybridized carbons (Fsp3) is 0.300. The molecular weight excluding hydrogens is 236 g/mol. The monoisotopic (exact) mass is 250 g/mol. The van der Waals surface area contributed by atoms with Crippen LogP contribution in [-0.4, -0.2) is 22.0 Å². The van der Waals surface area contributed by atoms with E-state index in [-0.39, 0.29) is 11.9 Å². The van der Waals surface area contributed by atoms with Crippen molar-refractivity contribution in [2.75, 3.05) is 23.4 Å². The second-order valence-corrected chi connectivity index (χ2v) is 5.09. The van der Waals surface area contributed by atoms with Crippen molar-refractivity contribution in [1.82, 2.24) is 15.0 Å². The maximum atomic E-state index is 5.53. The summed E-state index contributed by atoms with van der Waals surface area (Å²) in [7, 11) is 1.89. The van der Waals surface area contributed by atoms with Gasteiger partial charge in [-0.3, -0.25) is 0 Å². The summed E-state index contributed by atoms with van der Waals surface area (Å²) in [6.45, 7) is 2.80. The van der Waals surface area contributed by atoms with Gasteiger partial charge in [0.25, 0.3) is 0 Å². The molecule has 17 heavy (non-hydrogen) atoms. The topological polar surface area (TPSA) is 94.0 Å². The van der Waals surface area contributed by atoms with Crippen LogP contribution >= 0.6 is 11.3 Å². The number of nitrogen functional groups attached to an aromatic ring is 2. The first-order chi connectivity index (χ1) is 8.04. The van der Waals surface area contributed by atoms with Crippen LogP contribution < -0.4 is 16.4 Å². The second-order valence-electron chi connectivity index (χ2n) is 3.72. The number of rotatable bonds is 3. The third-order valence-corrected chi connectivity index (χ3v) is 3.17. The van der Waals surface area contributed by atoms with E-state index in [0.717, 1.165) is 6.54 Å². The van der Waals surface area contributed by atoms with Gasteiger partial charge < -0.3 is 16.4 Å². The highest BCUT2D eigenvalue weighted by molar-refractivity contribution is 7.11. The summed E-state index contributed by atoms with van der Waals surface area (Å²) in [5.41, 5.74) is 11.1. The van der Waals surface area contributed by atoms with Crippen molar-refractivity contribution >= 4 is 29.2 Å². The zero-order valence-corrected chi connectivity index (χ0v) is 10.5. The highest BCUT2D eigenvalue weighted by Crippen LogP contribution is 2.18. The number of nitrogens with two attached hydrogens (primary N) is 2. The molecule has 0 spiro atoms. The molecule has 0 fully saturated rings. The fourth-order valence-corrected chi connectivity index (χ4v) is 2.39. The SMILES string of the molecule is Cc1ccc(CN(C)c2nc(N)nc(N)n2)s1. The summed E-state index contributed by atoms with van der Waals surface area (Å²) in [5, 5.41) is 0. The van der Waals surface area contributed by atoms with Crippen LogP contribution in [0.3, 0.4) is 0 Å². The second kappa shape index (κ2) is 4.54. The van der Waals surface area contributed by atoms with Crippen LogP contribution in [0.15, 0.2) is 12.1 Å². The number of hydrogen-bond donors (Lipinski definition) is 2. The van der Waals surface area contributed by atoms with E-state index in [9.17, 15) is 0 Å². The van der Waals surface area contributed by atoms with Crippen LogP contribution in [0.2, 0.25) is 0 Å². The van der Waals surface area contributed by atoms with Gasteiger partial charge in [-0.25, -0.2) is 0 Å². The van der Waals surface area contributed by atoms with Gasteiger partial charge in [-0.15, -0.1) is 11.3 Å². The molecule has 4 N–H and O–H groups in total. The Morgan fingerprint density at radius 3 is 2.35 bits per heavy atom. The Morgan fingerprint density at radius 2 is 1.82 bits per heavy atom. The van der Waals surface area contributed by atoms with E-state index in [0.29, 0.717) is 5.95 Å². The van der Waals surface area contributed by atoms with Crippen molar-refractivity contribution in [2.45, 2.75) is 13.5 Å². The van der Waals surface area contributed by atoms with Crippen LogP contribution in [0.1, 0.15) is 9.75 Å². The van der Waals surface area contributed by atoms with Crippen LogP contribution in [0.5, 0.6) is 0 Å². The molecule has 0 aromatic carbocycles. The smallest absolute Gasteiger partial charge is 0.232 e. The summed E-state index contributed by atoms with van der Waals surface area (Å²) in [4.78, 5) is 16.2. The van der Waals surface area contributed by atoms with E-state index in [1.165, 1.54) is 9.75 Å². The Labute approximate surface area is 103 Å². The Hall–Kier alpha value is -1.89. The Bertz CT molecular complexity index is 503. The molecule has 0 bridgehead atoms. The zero-order chi connectivity index (χ0) is 12.4. The third kappa shape index (κ3) is 2.82. The van der Waals surface area contributed by atoms with E-state index < -0.39 is 0 Å². The van der Waals surface area contributed by atoms with E-state index in [2.05, 4.69) is 34.0 Å². The first kappa shape index (κ1) is 11.6. The molecule has 2 aromatic heterocycles. The van der Waals surface area contributed by atoms with Gasteiger partial charge in [-0.2, -0.15) is 15.0 Å². The van der Waals surface area contributed by atoms with Crippen molar-refractivity contribution in [3.63, 3.8) is 0 Å². The maximum Gasteiger partial charge on any atom is 0.232 e. The van der Waals surface area contributed by atoms with Crippen molar-refractivity contribution in [2.24, 2.45) is 0 Å². The highest BCUT2D eigenvalue weighted by Gasteiger charge is 2.09. The number of anilines is 3. The molecule has 0 aliphatic carbocycles. The van der Waals surface area contributed by atoms with Gasteiger partial charge in [0, 0.05) is 16.8 Å². The quantitative estimate of drug-likeness (QED) is 0.845. The number of aromatic nitrogens is 3. The lowest BCUT2D eigenvalue weighted by Crippen LogP contribution is -2.20. The lowest BCUT2D eigenvalue weighted by atomic mass is 10.4. The molecule has 90 valence electrons. The first-order valence-electron chi connectivity index (χ1n) is 5.08. The van der Waals surface area contributed by atoms with E-state index in [4.69, 9.17) is 11.5 Å². The molecule has 7 heteroatoms. The summed E-state index contributed by atoms with van der Waals surface area (Å²) in [5.74, 6) is 0.768. The van der Waals surface area contributed by atoms with Crippen LogP contribution in [0.25, 0.3) is 0 Å². The van der Waals surface area contributed by atoms with E-state index >= 15 is 0 Å². The zero-order valence-electron chi connectivity index (χ0n) is 9.71. The van der Waals surface area contributed by atoms with E-state index in [1.54, 1.807) is 11.3 Å². The van der Waals surface area contributed by atoms with Crippen molar-refractivity contribution < 1.29 is 0 Å². The predicted molar refractivity (Wildman–Crippen MR) is 69.8 cm³/mol. The van der Waals surface area contributed by atoms with E-state index in [1.807, 2.05) is 11.9 Å². The molecule has 6 nitrogen and oxygen atoms in total. The largest absolute Gasteiger partial charge is 0.368 e. The normalized spacial score (nSPS) is 10.5. The minimum Gasteiger partial charge on any atom is -0.368 e. The third-order valence-electron chi connectivity index (χ3n) is 2.19. The average molecular weight is 250 g/mol. The fourth-order valence-electron chi connectivity index (χ4n) is 1.44. The Morgan fingerprint density at radius 1 is 1.18 bits per heavy atom. The number of thiophene rings is 1. The molecule has 0 amide bonds. The standard InChI is InChI=1S/C10H14N6S/c1-6-3-4-7(17-6)5-16(2)10-14-8(11)13-9(12)15-10/h3-4H,5H2,1-2H3,(H4,11,12,13,14,15). The molecular formula is C10H14N6S. The molecule has 2 heterocycles. The molecule has 0 atom stereocenters. The van der Waals surface area contributed by atoms with Gasteiger partial charge in [-0.1, -0.05) is 0 Å². The number of hydrogen-bond acceptors (Lipinski definition) is 7. The Kier molecular flexibility index (Phi) is 3.10.